The molecule has 1 aromatic heterocycles. The van der Waals surface area contributed by atoms with Crippen molar-refractivity contribution < 1.29 is 56.3 Å². The number of hydrogen-bond acceptors (Lipinski definition) is 10. The predicted molar refractivity (Wildman–Crippen MR) is 90.2 cm³/mol. The van der Waals surface area contributed by atoms with Crippen molar-refractivity contribution in [2.45, 2.75) is 25.4 Å². The Morgan fingerprint density at radius 1 is 1.14 bits per heavy atom. The quantitative estimate of drug-likeness (QED) is 0.238. The summed E-state index contributed by atoms with van der Waals surface area (Å²) in [7, 11) is -16.6. The van der Waals surface area contributed by atoms with Crippen molar-refractivity contribution in [3.05, 3.63) is 33.1 Å². The summed E-state index contributed by atoms with van der Waals surface area (Å²) in [6, 6.07) is 1.03. The Morgan fingerprint density at radius 2 is 1.76 bits per heavy atom. The Hall–Kier alpha value is -0.990. The third-order valence-electron chi connectivity index (χ3n) is 3.63. The molecule has 0 amide bonds. The van der Waals surface area contributed by atoms with Crippen molar-refractivity contribution in [1.82, 2.24) is 9.55 Å². The lowest BCUT2D eigenvalue weighted by Crippen LogP contribution is -2.33. The van der Waals surface area contributed by atoms with E-state index in [0.29, 0.717) is 0 Å². The van der Waals surface area contributed by atoms with Crippen LogP contribution < -0.4 is 11.2 Å². The molecule has 1 aliphatic rings. The molecule has 0 aliphatic carbocycles. The standard InChI is InChI=1S/C10H17N2O14P3/c1-5-8(14)6(24-9(5)12-3-2-7(13)11-10(12)15)4-23-28(19,20)26-29(21,22)25-27(16,17)18/h2-3,5-6,8-9,14H,4H2,1H3,(H,19,20)(H,21,22)(H,11,13,15)(H2,16,17,18)/t5-,6-,8+,9?/m1/s1. The molecule has 166 valence electrons. The maximum atomic E-state index is 11.8. The van der Waals surface area contributed by atoms with Crippen LogP contribution in [-0.4, -0.2) is 53.0 Å². The van der Waals surface area contributed by atoms with Gasteiger partial charge in [0.05, 0.1) is 12.7 Å². The molecule has 0 saturated carbocycles. The Balaban J connectivity index is 2.06. The van der Waals surface area contributed by atoms with Gasteiger partial charge in [-0.1, -0.05) is 6.92 Å². The SMILES string of the molecule is C[C@H]1C(n2ccc(=O)[nH]c2=O)O[C@H](COP(=O)(O)OP(=O)(O)OP(=O)(O)O)[C@H]1O. The van der Waals surface area contributed by atoms with Gasteiger partial charge in [0.25, 0.3) is 5.56 Å². The van der Waals surface area contributed by atoms with Crippen molar-refractivity contribution in [2.24, 2.45) is 5.92 Å². The van der Waals surface area contributed by atoms with E-state index in [2.05, 4.69) is 13.1 Å². The average molecular weight is 482 g/mol. The molecule has 6 atom stereocenters. The number of phosphoric acid groups is 3. The highest BCUT2D eigenvalue weighted by Gasteiger charge is 2.45. The van der Waals surface area contributed by atoms with Gasteiger partial charge < -0.3 is 29.4 Å². The van der Waals surface area contributed by atoms with Crippen molar-refractivity contribution in [3.63, 3.8) is 0 Å². The number of nitrogens with one attached hydrogen (secondary N) is 1. The van der Waals surface area contributed by atoms with Gasteiger partial charge in [0.15, 0.2) is 0 Å². The molecule has 6 N–H and O–H groups in total. The number of ether oxygens (including phenoxy) is 1. The molecule has 16 nitrogen and oxygen atoms in total. The van der Waals surface area contributed by atoms with Crippen molar-refractivity contribution in [3.8, 4) is 0 Å². The topological polar surface area (TPSA) is 244 Å². The summed E-state index contributed by atoms with van der Waals surface area (Å²) in [5.41, 5.74) is -1.50. The third kappa shape index (κ3) is 6.76. The second-order valence-corrected chi connectivity index (χ2v) is 10.2. The molecule has 29 heavy (non-hydrogen) atoms. The second kappa shape index (κ2) is 8.63. The van der Waals surface area contributed by atoms with Crippen LogP contribution in [0.2, 0.25) is 0 Å². The van der Waals surface area contributed by atoms with E-state index in [0.717, 1.165) is 16.8 Å². The zero-order chi connectivity index (χ0) is 22.2. The molecule has 2 heterocycles. The zero-order valence-corrected chi connectivity index (χ0v) is 17.1. The Morgan fingerprint density at radius 3 is 2.31 bits per heavy atom. The van der Waals surface area contributed by atoms with Crippen LogP contribution in [0.5, 0.6) is 0 Å². The van der Waals surface area contributed by atoms with E-state index in [1.807, 2.05) is 4.98 Å². The van der Waals surface area contributed by atoms with E-state index in [-0.39, 0.29) is 0 Å². The van der Waals surface area contributed by atoms with Crippen LogP contribution >= 0.6 is 23.5 Å². The number of aliphatic hydroxyl groups excluding tert-OH is 1. The van der Waals surface area contributed by atoms with Crippen LogP contribution in [0.3, 0.4) is 0 Å². The molecule has 1 fully saturated rings. The third-order valence-corrected chi connectivity index (χ3v) is 7.43. The minimum Gasteiger partial charge on any atom is -0.390 e. The summed E-state index contributed by atoms with van der Waals surface area (Å²) in [5, 5.41) is 10.2. The van der Waals surface area contributed by atoms with Crippen LogP contribution in [0.1, 0.15) is 13.2 Å². The van der Waals surface area contributed by atoms with Gasteiger partial charge in [0.2, 0.25) is 0 Å². The highest BCUT2D eigenvalue weighted by molar-refractivity contribution is 7.66. The largest absolute Gasteiger partial charge is 0.490 e. The molecule has 2 rings (SSSR count). The number of aromatic amines is 1. The number of phosphoric ester groups is 1. The lowest BCUT2D eigenvalue weighted by molar-refractivity contribution is -0.0468. The first kappa shape index (κ1) is 24.3. The number of nitrogens with zero attached hydrogens (tertiary/aromatic N) is 1. The molecule has 3 unspecified atom stereocenters. The summed E-state index contributed by atoms with van der Waals surface area (Å²) in [6.07, 6.45) is -2.64. The summed E-state index contributed by atoms with van der Waals surface area (Å²) in [4.78, 5) is 60.4. The maximum Gasteiger partial charge on any atom is 0.490 e. The van der Waals surface area contributed by atoms with Gasteiger partial charge in [-0.15, -0.1) is 0 Å². The fraction of sp³-hybridized carbons (Fsp3) is 0.600. The number of aromatic nitrogens is 2. The number of H-pyrrole nitrogens is 1. The van der Waals surface area contributed by atoms with E-state index in [4.69, 9.17) is 19.4 Å². The van der Waals surface area contributed by atoms with E-state index < -0.39 is 65.7 Å². The van der Waals surface area contributed by atoms with Crippen LogP contribution in [0.15, 0.2) is 21.9 Å². The van der Waals surface area contributed by atoms with Crippen molar-refractivity contribution in [1.29, 1.82) is 0 Å². The van der Waals surface area contributed by atoms with Crippen LogP contribution in [0.4, 0.5) is 0 Å². The molecule has 0 spiro atoms. The van der Waals surface area contributed by atoms with E-state index in [9.17, 15) is 33.3 Å². The van der Waals surface area contributed by atoms with Crippen molar-refractivity contribution >= 4 is 23.5 Å². The molecule has 1 saturated heterocycles. The molecular weight excluding hydrogens is 465 g/mol. The van der Waals surface area contributed by atoms with E-state index in [1.165, 1.54) is 6.92 Å². The van der Waals surface area contributed by atoms with Gasteiger partial charge in [0.1, 0.15) is 12.3 Å². The first-order valence-electron chi connectivity index (χ1n) is 7.53. The van der Waals surface area contributed by atoms with E-state index in [1.54, 1.807) is 0 Å². The summed E-state index contributed by atoms with van der Waals surface area (Å²) in [5.74, 6) is -0.756. The van der Waals surface area contributed by atoms with Gasteiger partial charge >= 0.3 is 29.2 Å². The average Bonchev–Trinajstić information content (AvgIpc) is 2.78. The van der Waals surface area contributed by atoms with Gasteiger partial charge in [-0.3, -0.25) is 18.9 Å². The fourth-order valence-electron chi connectivity index (χ4n) is 2.45. The second-order valence-electron chi connectivity index (χ2n) is 5.82. The number of aliphatic hydroxyl groups is 1. The smallest absolute Gasteiger partial charge is 0.390 e. The molecule has 1 aromatic rings. The first-order valence-corrected chi connectivity index (χ1v) is 12.1. The molecular formula is C10H17N2O14P3. The molecule has 1 aliphatic heterocycles. The molecule has 0 radical (unpaired) electrons. The Labute approximate surface area is 161 Å². The molecule has 19 heteroatoms. The number of rotatable bonds is 8. The van der Waals surface area contributed by atoms with E-state index >= 15 is 0 Å². The summed E-state index contributed by atoms with van der Waals surface area (Å²) < 4.78 is 51.4. The van der Waals surface area contributed by atoms with Gasteiger partial charge in [-0.25, -0.2) is 18.5 Å². The van der Waals surface area contributed by atoms with Gasteiger partial charge in [-0.05, 0) is 0 Å². The minimum absolute atomic E-state index is 0.665. The Kier molecular flexibility index (Phi) is 7.23. The fourth-order valence-corrected chi connectivity index (χ4v) is 5.48. The van der Waals surface area contributed by atoms with Crippen molar-refractivity contribution in [2.75, 3.05) is 6.61 Å². The predicted octanol–water partition coefficient (Wildman–Crippen LogP) is -1.23. The normalized spacial score (nSPS) is 29.3. The van der Waals surface area contributed by atoms with Crippen LogP contribution in [0, 0.1) is 5.92 Å². The lowest BCUT2D eigenvalue weighted by atomic mass is 10.0. The van der Waals surface area contributed by atoms with Crippen LogP contribution in [0.25, 0.3) is 0 Å². The van der Waals surface area contributed by atoms with Crippen LogP contribution in [-0.2, 0) is 31.6 Å². The minimum atomic E-state index is -5.68. The number of hydrogen-bond donors (Lipinski definition) is 6. The van der Waals surface area contributed by atoms with Gasteiger partial charge in [-0.2, -0.15) is 8.62 Å². The summed E-state index contributed by atoms with van der Waals surface area (Å²) in [6.45, 7) is 0.585. The molecule has 0 aromatic carbocycles. The first-order chi connectivity index (χ1) is 13.1. The highest BCUT2D eigenvalue weighted by atomic mass is 31.3. The lowest BCUT2D eigenvalue weighted by Gasteiger charge is -2.19. The summed E-state index contributed by atoms with van der Waals surface area (Å²) >= 11 is 0. The Bertz CT molecular complexity index is 998. The van der Waals surface area contributed by atoms with Gasteiger partial charge in [0, 0.05) is 18.2 Å². The monoisotopic (exact) mass is 482 g/mol. The highest BCUT2D eigenvalue weighted by Crippen LogP contribution is 2.66. The maximum absolute atomic E-state index is 11.8. The molecule has 0 bridgehead atoms. The zero-order valence-electron chi connectivity index (χ0n) is 14.4.